The average Bonchev–Trinajstić information content (AvgIpc) is 2.48. The van der Waals surface area contributed by atoms with Gasteiger partial charge in [0.2, 0.25) is 0 Å². The minimum atomic E-state index is -0.686. The topological polar surface area (TPSA) is 40.5 Å². The molecule has 0 amide bonds. The van der Waals surface area contributed by atoms with Crippen LogP contribution in [0.1, 0.15) is 11.1 Å². The normalized spacial score (nSPS) is 11.6. The second-order valence-corrected chi connectivity index (χ2v) is 6.26. The van der Waals surface area contributed by atoms with Crippen molar-refractivity contribution in [2.75, 3.05) is 13.2 Å². The number of aliphatic hydroxyl groups excluding tert-OH is 2. The SMILES string of the molecule is OCC(CO)(Cc1ccc(Cl)cc1)c1ccc(Br)cc1. The number of halogens is 2. The Hall–Kier alpha value is -0.870. The summed E-state index contributed by atoms with van der Waals surface area (Å²) in [6.07, 6.45) is 0.554. The summed E-state index contributed by atoms with van der Waals surface area (Å²) in [6, 6.07) is 15.1. The fourth-order valence-corrected chi connectivity index (χ4v) is 2.63. The molecule has 0 saturated heterocycles. The lowest BCUT2D eigenvalue weighted by atomic mass is 9.77. The van der Waals surface area contributed by atoms with Gasteiger partial charge in [-0.1, -0.05) is 51.8 Å². The van der Waals surface area contributed by atoms with Gasteiger partial charge in [0.25, 0.3) is 0 Å². The molecule has 0 aliphatic carbocycles. The molecule has 0 aliphatic rings. The highest BCUT2D eigenvalue weighted by molar-refractivity contribution is 9.10. The standard InChI is InChI=1S/C16H16BrClO2/c17-14-5-3-13(4-6-14)16(10-19,11-20)9-12-1-7-15(18)8-2-12/h1-8,19-20H,9-11H2. The van der Waals surface area contributed by atoms with E-state index < -0.39 is 5.41 Å². The van der Waals surface area contributed by atoms with Crippen molar-refractivity contribution in [2.45, 2.75) is 11.8 Å². The molecule has 0 atom stereocenters. The van der Waals surface area contributed by atoms with Crippen molar-refractivity contribution in [2.24, 2.45) is 0 Å². The molecule has 0 unspecified atom stereocenters. The second-order valence-electron chi connectivity index (χ2n) is 4.91. The van der Waals surface area contributed by atoms with Crippen LogP contribution in [0, 0.1) is 0 Å². The molecule has 0 radical (unpaired) electrons. The van der Waals surface area contributed by atoms with Crippen molar-refractivity contribution in [1.82, 2.24) is 0 Å². The van der Waals surface area contributed by atoms with Gasteiger partial charge in [-0.2, -0.15) is 0 Å². The Bertz CT molecular complexity index is 548. The first-order chi connectivity index (χ1) is 9.59. The van der Waals surface area contributed by atoms with Crippen molar-refractivity contribution < 1.29 is 10.2 Å². The van der Waals surface area contributed by atoms with E-state index >= 15 is 0 Å². The maximum atomic E-state index is 9.82. The first-order valence-electron chi connectivity index (χ1n) is 6.32. The van der Waals surface area contributed by atoms with E-state index in [-0.39, 0.29) is 13.2 Å². The van der Waals surface area contributed by atoms with Crippen molar-refractivity contribution in [3.05, 3.63) is 69.2 Å². The van der Waals surface area contributed by atoms with Crippen LogP contribution < -0.4 is 0 Å². The summed E-state index contributed by atoms with van der Waals surface area (Å²) in [5.74, 6) is 0. The molecule has 0 fully saturated rings. The van der Waals surface area contributed by atoms with Gasteiger partial charge < -0.3 is 10.2 Å². The van der Waals surface area contributed by atoms with E-state index in [0.717, 1.165) is 15.6 Å². The Morgan fingerprint density at radius 1 is 0.900 bits per heavy atom. The molecule has 0 aromatic heterocycles. The maximum Gasteiger partial charge on any atom is 0.0553 e. The molecule has 0 saturated carbocycles. The van der Waals surface area contributed by atoms with Gasteiger partial charge in [0.05, 0.1) is 13.2 Å². The quantitative estimate of drug-likeness (QED) is 0.861. The van der Waals surface area contributed by atoms with Crippen LogP contribution in [-0.2, 0) is 11.8 Å². The average molecular weight is 356 g/mol. The molecule has 2 aromatic carbocycles. The summed E-state index contributed by atoms with van der Waals surface area (Å²) < 4.78 is 0.970. The van der Waals surface area contributed by atoms with Gasteiger partial charge in [0.1, 0.15) is 0 Å². The highest BCUT2D eigenvalue weighted by atomic mass is 79.9. The Morgan fingerprint density at radius 2 is 1.45 bits per heavy atom. The van der Waals surface area contributed by atoms with Gasteiger partial charge >= 0.3 is 0 Å². The zero-order chi connectivity index (χ0) is 14.6. The van der Waals surface area contributed by atoms with Gasteiger partial charge in [-0.15, -0.1) is 0 Å². The van der Waals surface area contributed by atoms with Gasteiger partial charge in [0.15, 0.2) is 0 Å². The van der Waals surface area contributed by atoms with Crippen LogP contribution in [0.25, 0.3) is 0 Å². The Morgan fingerprint density at radius 3 is 1.95 bits per heavy atom. The van der Waals surface area contributed by atoms with E-state index in [2.05, 4.69) is 15.9 Å². The predicted molar refractivity (Wildman–Crippen MR) is 85.1 cm³/mol. The Labute approximate surface area is 132 Å². The van der Waals surface area contributed by atoms with E-state index in [9.17, 15) is 10.2 Å². The first-order valence-corrected chi connectivity index (χ1v) is 7.49. The van der Waals surface area contributed by atoms with Crippen LogP contribution in [0.2, 0.25) is 5.02 Å². The maximum absolute atomic E-state index is 9.82. The molecule has 2 aromatic rings. The van der Waals surface area contributed by atoms with Gasteiger partial charge in [0, 0.05) is 14.9 Å². The van der Waals surface area contributed by atoms with Crippen LogP contribution in [0.15, 0.2) is 53.0 Å². The molecule has 4 heteroatoms. The third kappa shape index (κ3) is 3.41. The van der Waals surface area contributed by atoms with E-state index in [1.54, 1.807) is 0 Å². The Balaban J connectivity index is 2.33. The lowest BCUT2D eigenvalue weighted by Gasteiger charge is -2.30. The predicted octanol–water partition coefficient (Wildman–Crippen LogP) is 3.57. The summed E-state index contributed by atoms with van der Waals surface area (Å²) >= 11 is 9.27. The van der Waals surface area contributed by atoms with Gasteiger partial charge in [-0.05, 0) is 41.8 Å². The summed E-state index contributed by atoms with van der Waals surface area (Å²) in [4.78, 5) is 0. The molecular weight excluding hydrogens is 340 g/mol. The Kier molecular flexibility index (Phi) is 5.22. The number of benzene rings is 2. The van der Waals surface area contributed by atoms with Crippen molar-refractivity contribution in [1.29, 1.82) is 0 Å². The molecule has 0 heterocycles. The molecular formula is C16H16BrClO2. The molecule has 2 nitrogen and oxygen atoms in total. The monoisotopic (exact) mass is 354 g/mol. The zero-order valence-electron chi connectivity index (χ0n) is 10.9. The zero-order valence-corrected chi connectivity index (χ0v) is 13.2. The molecule has 0 spiro atoms. The van der Waals surface area contributed by atoms with Crippen molar-refractivity contribution in [3.63, 3.8) is 0 Å². The van der Waals surface area contributed by atoms with Crippen LogP contribution in [0.4, 0.5) is 0 Å². The molecule has 2 rings (SSSR count). The van der Waals surface area contributed by atoms with Crippen molar-refractivity contribution in [3.8, 4) is 0 Å². The molecule has 0 aliphatic heterocycles. The lowest BCUT2D eigenvalue weighted by molar-refractivity contribution is 0.116. The highest BCUT2D eigenvalue weighted by Gasteiger charge is 2.31. The number of hydrogen-bond donors (Lipinski definition) is 2. The third-order valence-corrected chi connectivity index (χ3v) is 4.30. The first kappa shape index (κ1) is 15.5. The fraction of sp³-hybridized carbons (Fsp3) is 0.250. The number of hydrogen-bond acceptors (Lipinski definition) is 2. The minimum Gasteiger partial charge on any atom is -0.395 e. The van der Waals surface area contributed by atoms with Gasteiger partial charge in [-0.25, -0.2) is 0 Å². The largest absolute Gasteiger partial charge is 0.395 e. The highest BCUT2D eigenvalue weighted by Crippen LogP contribution is 2.29. The van der Waals surface area contributed by atoms with Crippen LogP contribution >= 0.6 is 27.5 Å². The van der Waals surface area contributed by atoms with Crippen LogP contribution in [0.5, 0.6) is 0 Å². The van der Waals surface area contributed by atoms with Gasteiger partial charge in [-0.3, -0.25) is 0 Å². The minimum absolute atomic E-state index is 0.117. The molecule has 2 N–H and O–H groups in total. The smallest absolute Gasteiger partial charge is 0.0553 e. The summed E-state index contributed by atoms with van der Waals surface area (Å²) in [7, 11) is 0. The number of rotatable bonds is 5. The summed E-state index contributed by atoms with van der Waals surface area (Å²) in [6.45, 7) is -0.235. The fourth-order valence-electron chi connectivity index (χ4n) is 2.24. The van der Waals surface area contributed by atoms with E-state index in [0.29, 0.717) is 11.4 Å². The molecule has 0 bridgehead atoms. The summed E-state index contributed by atoms with van der Waals surface area (Å²) in [5.41, 5.74) is 1.26. The summed E-state index contributed by atoms with van der Waals surface area (Å²) in [5, 5.41) is 20.3. The van der Waals surface area contributed by atoms with E-state index in [4.69, 9.17) is 11.6 Å². The van der Waals surface area contributed by atoms with Crippen LogP contribution in [-0.4, -0.2) is 23.4 Å². The molecule has 106 valence electrons. The number of aliphatic hydroxyl groups is 2. The third-order valence-electron chi connectivity index (χ3n) is 3.52. The van der Waals surface area contributed by atoms with Crippen LogP contribution in [0.3, 0.4) is 0 Å². The van der Waals surface area contributed by atoms with E-state index in [1.807, 2.05) is 48.5 Å². The molecule has 20 heavy (non-hydrogen) atoms. The van der Waals surface area contributed by atoms with Crippen molar-refractivity contribution >= 4 is 27.5 Å². The lowest BCUT2D eigenvalue weighted by Crippen LogP contribution is -2.37. The second kappa shape index (κ2) is 6.72. The van der Waals surface area contributed by atoms with E-state index in [1.165, 1.54) is 0 Å².